The fourth-order valence-electron chi connectivity index (χ4n) is 0.355. The van der Waals surface area contributed by atoms with Crippen LogP contribution in [0.25, 0.3) is 0 Å². The first kappa shape index (κ1) is 11.5. The number of carboxylic acids is 1. The molecule has 0 aliphatic heterocycles. The van der Waals surface area contributed by atoms with Gasteiger partial charge >= 0.3 is 12.1 Å². The minimum absolute atomic E-state index is 0.337. The zero-order chi connectivity index (χ0) is 9.72. The summed E-state index contributed by atoms with van der Waals surface area (Å²) in [7, 11) is 0. The van der Waals surface area contributed by atoms with Crippen LogP contribution >= 0.6 is 22.6 Å². The molecule has 0 aliphatic rings. The quantitative estimate of drug-likeness (QED) is 0.482. The molecule has 0 aliphatic carbocycles. The first-order valence-electron chi connectivity index (χ1n) is 3.17. The average molecular weight is 288 g/mol. The van der Waals surface area contributed by atoms with E-state index in [1.807, 2.05) is 22.6 Å². The van der Waals surface area contributed by atoms with E-state index < -0.39 is 18.2 Å². The Kier molecular flexibility index (Phi) is 4.95. The minimum Gasteiger partial charge on any atom is -0.479 e. The third kappa shape index (κ3) is 5.16. The molecule has 0 aromatic heterocycles. The molecular formula is C6H9IO5. The lowest BCUT2D eigenvalue weighted by molar-refractivity contribution is -0.147. The maximum absolute atomic E-state index is 10.7. The molecule has 70 valence electrons. The molecule has 6 heteroatoms. The Balaban J connectivity index is 3.77. The van der Waals surface area contributed by atoms with Crippen LogP contribution in [-0.2, 0) is 14.3 Å². The van der Waals surface area contributed by atoms with Gasteiger partial charge in [-0.2, -0.15) is 0 Å². The number of halogens is 1. The summed E-state index contributed by atoms with van der Waals surface area (Å²) in [4.78, 5) is 20.8. The monoisotopic (exact) mass is 288 g/mol. The van der Waals surface area contributed by atoms with Crippen molar-refractivity contribution >= 4 is 34.7 Å². The standard InChI is InChI=1S/C6H9IO5/c1-3(5(8)9)11-6(10)12-4(2)7/h3-4H,1-2H3,(H,8,9). The van der Waals surface area contributed by atoms with Crippen molar-refractivity contribution in [1.29, 1.82) is 0 Å². The van der Waals surface area contributed by atoms with Crippen LogP contribution in [-0.4, -0.2) is 27.4 Å². The molecule has 2 unspecified atom stereocenters. The normalized spacial score (nSPS) is 14.6. The van der Waals surface area contributed by atoms with Crippen LogP contribution in [0.2, 0.25) is 0 Å². The number of carbonyl (C=O) groups is 2. The number of carboxylic acid groups (broad SMARTS) is 1. The highest BCUT2D eigenvalue weighted by Gasteiger charge is 2.17. The molecule has 2 atom stereocenters. The topological polar surface area (TPSA) is 72.8 Å². The van der Waals surface area contributed by atoms with Crippen LogP contribution in [0, 0.1) is 0 Å². The lowest BCUT2D eigenvalue weighted by atomic mass is 10.4. The van der Waals surface area contributed by atoms with Gasteiger partial charge in [0.1, 0.15) is 0 Å². The van der Waals surface area contributed by atoms with E-state index in [1.54, 1.807) is 6.92 Å². The molecule has 0 spiro atoms. The number of hydrogen-bond acceptors (Lipinski definition) is 4. The van der Waals surface area contributed by atoms with Gasteiger partial charge in [-0.1, -0.05) is 0 Å². The smallest absolute Gasteiger partial charge is 0.479 e. The van der Waals surface area contributed by atoms with Crippen molar-refractivity contribution in [2.24, 2.45) is 0 Å². The van der Waals surface area contributed by atoms with Crippen LogP contribution in [0.4, 0.5) is 4.79 Å². The summed E-state index contributed by atoms with van der Waals surface area (Å²) >= 11 is 1.85. The summed E-state index contributed by atoms with van der Waals surface area (Å²) in [6.45, 7) is 2.88. The number of hydrogen-bond donors (Lipinski definition) is 1. The van der Waals surface area contributed by atoms with Crippen molar-refractivity contribution in [1.82, 2.24) is 0 Å². The van der Waals surface area contributed by atoms with Crippen molar-refractivity contribution in [2.45, 2.75) is 24.1 Å². The van der Waals surface area contributed by atoms with Gasteiger partial charge in [0.2, 0.25) is 0 Å². The van der Waals surface area contributed by atoms with Crippen molar-refractivity contribution in [3.8, 4) is 0 Å². The second kappa shape index (κ2) is 5.18. The number of ether oxygens (including phenoxy) is 2. The van der Waals surface area contributed by atoms with Gasteiger partial charge in [0, 0.05) is 0 Å². The van der Waals surface area contributed by atoms with Gasteiger partial charge in [-0.25, -0.2) is 9.59 Å². The van der Waals surface area contributed by atoms with Crippen molar-refractivity contribution < 1.29 is 24.2 Å². The molecule has 0 aromatic carbocycles. The van der Waals surface area contributed by atoms with E-state index in [9.17, 15) is 9.59 Å². The second-order valence-electron chi connectivity index (χ2n) is 2.01. The van der Waals surface area contributed by atoms with Gasteiger partial charge < -0.3 is 14.6 Å². The third-order valence-corrected chi connectivity index (χ3v) is 1.13. The largest absolute Gasteiger partial charge is 0.510 e. The Morgan fingerprint density at radius 2 is 1.83 bits per heavy atom. The van der Waals surface area contributed by atoms with Crippen molar-refractivity contribution in [2.75, 3.05) is 0 Å². The summed E-state index contributed by atoms with van der Waals surface area (Å²) in [5.74, 6) is -1.20. The Bertz CT molecular complexity index is 179. The molecule has 0 amide bonds. The van der Waals surface area contributed by atoms with E-state index in [2.05, 4.69) is 9.47 Å². The van der Waals surface area contributed by atoms with Gasteiger partial charge in [-0.05, 0) is 36.4 Å². The first-order valence-corrected chi connectivity index (χ1v) is 4.42. The summed E-state index contributed by atoms with van der Waals surface area (Å²) in [6, 6.07) is 0. The summed E-state index contributed by atoms with van der Waals surface area (Å²) in [6.07, 6.45) is -2.14. The zero-order valence-corrected chi connectivity index (χ0v) is 8.77. The van der Waals surface area contributed by atoms with Crippen molar-refractivity contribution in [3.05, 3.63) is 0 Å². The third-order valence-electron chi connectivity index (χ3n) is 0.879. The molecule has 12 heavy (non-hydrogen) atoms. The van der Waals surface area contributed by atoms with E-state index in [0.29, 0.717) is 0 Å². The maximum Gasteiger partial charge on any atom is 0.510 e. The highest BCUT2D eigenvalue weighted by atomic mass is 127. The number of aliphatic carboxylic acids is 1. The Labute approximate surface area is 83.2 Å². The minimum atomic E-state index is -1.20. The van der Waals surface area contributed by atoms with Crippen LogP contribution in [0.3, 0.4) is 0 Å². The van der Waals surface area contributed by atoms with Gasteiger partial charge in [0.05, 0.1) is 0 Å². The van der Waals surface area contributed by atoms with E-state index in [0.717, 1.165) is 0 Å². The van der Waals surface area contributed by atoms with E-state index in [-0.39, 0.29) is 4.11 Å². The molecular weight excluding hydrogens is 279 g/mol. The molecule has 0 saturated heterocycles. The zero-order valence-electron chi connectivity index (χ0n) is 6.61. The molecule has 0 bridgehead atoms. The molecule has 0 aromatic rings. The van der Waals surface area contributed by atoms with E-state index >= 15 is 0 Å². The van der Waals surface area contributed by atoms with Crippen LogP contribution < -0.4 is 0 Å². The summed E-state index contributed by atoms with van der Waals surface area (Å²) in [5, 5.41) is 8.33. The van der Waals surface area contributed by atoms with Crippen LogP contribution in [0.15, 0.2) is 0 Å². The second-order valence-corrected chi connectivity index (χ2v) is 3.76. The predicted octanol–water partition coefficient (Wildman–Crippen LogP) is 1.39. The Hall–Kier alpha value is -0.530. The molecule has 0 saturated carbocycles. The fourth-order valence-corrected chi connectivity index (χ4v) is 0.563. The fraction of sp³-hybridized carbons (Fsp3) is 0.667. The van der Waals surface area contributed by atoms with Crippen LogP contribution in [0.5, 0.6) is 0 Å². The molecule has 1 N–H and O–H groups in total. The summed E-state index contributed by atoms with van der Waals surface area (Å²) in [5.41, 5.74) is 0. The SMILES string of the molecule is CC(I)OC(=O)OC(C)C(=O)O. The lowest BCUT2D eigenvalue weighted by Gasteiger charge is -2.09. The van der Waals surface area contributed by atoms with E-state index in [4.69, 9.17) is 5.11 Å². The number of rotatable bonds is 3. The molecule has 5 nitrogen and oxygen atoms in total. The van der Waals surface area contributed by atoms with Gasteiger partial charge in [-0.3, -0.25) is 0 Å². The van der Waals surface area contributed by atoms with Crippen molar-refractivity contribution in [3.63, 3.8) is 0 Å². The van der Waals surface area contributed by atoms with Gasteiger partial charge in [0.25, 0.3) is 0 Å². The Morgan fingerprint density at radius 1 is 1.33 bits per heavy atom. The van der Waals surface area contributed by atoms with E-state index in [1.165, 1.54) is 6.92 Å². The first-order chi connectivity index (χ1) is 5.43. The number of alkyl halides is 1. The Morgan fingerprint density at radius 3 is 2.17 bits per heavy atom. The highest BCUT2D eigenvalue weighted by Crippen LogP contribution is 2.03. The van der Waals surface area contributed by atoms with Gasteiger partial charge in [0.15, 0.2) is 10.2 Å². The average Bonchev–Trinajstić information content (AvgIpc) is 1.84. The maximum atomic E-state index is 10.7. The summed E-state index contributed by atoms with van der Waals surface area (Å²) < 4.78 is 8.55. The molecule has 0 rings (SSSR count). The lowest BCUT2D eigenvalue weighted by Crippen LogP contribution is -2.24. The molecule has 0 heterocycles. The molecule has 0 fully saturated rings. The highest BCUT2D eigenvalue weighted by molar-refractivity contribution is 14.1. The predicted molar refractivity (Wildman–Crippen MR) is 48.1 cm³/mol. The van der Waals surface area contributed by atoms with Crippen LogP contribution in [0.1, 0.15) is 13.8 Å². The molecule has 0 radical (unpaired) electrons. The number of carbonyl (C=O) groups excluding carboxylic acids is 1. The van der Waals surface area contributed by atoms with Gasteiger partial charge in [-0.15, -0.1) is 0 Å².